The monoisotopic (exact) mass is 532 g/mol. The molecule has 38 heavy (non-hydrogen) atoms. The van der Waals surface area contributed by atoms with Crippen LogP contribution in [0.1, 0.15) is 64.9 Å². The number of hydrogen-bond acceptors (Lipinski definition) is 6. The van der Waals surface area contributed by atoms with Crippen LogP contribution in [0.5, 0.6) is 0 Å². The zero-order chi connectivity index (χ0) is 26.6. The first-order chi connectivity index (χ1) is 18.5. The number of imidazole rings is 1. The van der Waals surface area contributed by atoms with Crippen LogP contribution in [0, 0.1) is 5.92 Å². The number of unbranched alkanes of at least 4 members (excludes halogenated alkanes) is 1. The Kier molecular flexibility index (Phi) is 7.74. The minimum atomic E-state index is -0.376. The molecule has 1 aliphatic heterocycles. The second-order valence-electron chi connectivity index (χ2n) is 9.81. The number of amides is 3. The van der Waals surface area contributed by atoms with Crippen LogP contribution in [-0.2, 0) is 29.0 Å². The van der Waals surface area contributed by atoms with Gasteiger partial charge in [0.05, 0.1) is 31.1 Å². The van der Waals surface area contributed by atoms with Gasteiger partial charge >= 0.3 is 12.0 Å². The topological polar surface area (TPSA) is 84.7 Å². The van der Waals surface area contributed by atoms with Crippen molar-refractivity contribution in [1.29, 1.82) is 0 Å². The van der Waals surface area contributed by atoms with E-state index >= 15 is 0 Å². The van der Waals surface area contributed by atoms with Crippen molar-refractivity contribution in [3.8, 4) is 0 Å². The fraction of sp³-hybridized carbons (Fsp3) is 0.379. The molecule has 0 N–H and O–H groups in total. The molecule has 9 heteroatoms. The van der Waals surface area contributed by atoms with Crippen LogP contribution in [0.4, 0.5) is 4.79 Å². The average Bonchev–Trinajstić information content (AvgIpc) is 3.38. The first-order valence-electron chi connectivity index (χ1n) is 13.1. The third-order valence-electron chi connectivity index (χ3n) is 6.97. The van der Waals surface area contributed by atoms with E-state index in [-0.39, 0.29) is 17.9 Å². The van der Waals surface area contributed by atoms with E-state index in [1.807, 2.05) is 35.7 Å². The van der Waals surface area contributed by atoms with Crippen molar-refractivity contribution in [1.82, 2.24) is 19.4 Å². The van der Waals surface area contributed by atoms with Gasteiger partial charge in [-0.25, -0.2) is 14.6 Å². The predicted octanol–water partition coefficient (Wildman–Crippen LogP) is 5.34. The molecule has 3 amide bonds. The van der Waals surface area contributed by atoms with Gasteiger partial charge in [-0.1, -0.05) is 31.5 Å². The largest absolute Gasteiger partial charge is 0.465 e. The highest BCUT2D eigenvalue weighted by atomic mass is 32.1. The quantitative estimate of drug-likeness (QED) is 0.189. The van der Waals surface area contributed by atoms with Gasteiger partial charge in [-0.05, 0) is 60.4 Å². The molecular formula is C29H32N4O4S. The maximum Gasteiger partial charge on any atom is 0.337 e. The average molecular weight is 533 g/mol. The number of hydrogen-bond donors (Lipinski definition) is 0. The second-order valence-corrected chi connectivity index (χ2v) is 10.8. The maximum atomic E-state index is 13.5. The lowest BCUT2D eigenvalue weighted by Gasteiger charge is -2.16. The zero-order valence-electron chi connectivity index (χ0n) is 21.8. The number of methoxy groups -OCH3 is 1. The van der Waals surface area contributed by atoms with E-state index in [1.165, 1.54) is 12.0 Å². The van der Waals surface area contributed by atoms with E-state index in [0.717, 1.165) is 54.1 Å². The molecular weight excluding hydrogens is 500 g/mol. The molecule has 3 aromatic rings. The molecule has 0 unspecified atom stereocenters. The summed E-state index contributed by atoms with van der Waals surface area (Å²) in [6.45, 7) is 3.50. The molecule has 0 radical (unpaired) electrons. The van der Waals surface area contributed by atoms with Crippen LogP contribution in [-0.4, -0.2) is 50.9 Å². The summed E-state index contributed by atoms with van der Waals surface area (Å²) in [5.74, 6) is 0.708. The van der Waals surface area contributed by atoms with Crippen LogP contribution in [0.2, 0.25) is 0 Å². The summed E-state index contributed by atoms with van der Waals surface area (Å²) in [6.07, 6.45) is 8.55. The summed E-state index contributed by atoms with van der Waals surface area (Å²) in [5, 5.41) is 1.98. The standard InChI is InChI=1S/C29H32N4O4S/c1-3-4-7-26-30-16-23(31(26)17-21-10-12-22(13-11-21)28(35)37-2)15-25-27(34)33(18-20-8-9-20)29(36)32(25)19-24-6-5-14-38-24/h5-6,10-16,20H,3-4,7-9,17-19H2,1-2H3. The molecule has 1 saturated heterocycles. The van der Waals surface area contributed by atoms with Crippen LogP contribution in [0.25, 0.3) is 6.08 Å². The Labute approximate surface area is 226 Å². The molecule has 3 heterocycles. The Morgan fingerprint density at radius 1 is 1.13 bits per heavy atom. The number of esters is 1. The first kappa shape index (κ1) is 25.9. The number of nitrogens with zero attached hydrogens (tertiary/aromatic N) is 4. The molecule has 2 fully saturated rings. The Balaban J connectivity index is 1.49. The number of aromatic nitrogens is 2. The maximum absolute atomic E-state index is 13.5. The summed E-state index contributed by atoms with van der Waals surface area (Å²) in [4.78, 5) is 47.5. The molecule has 1 aromatic carbocycles. The van der Waals surface area contributed by atoms with E-state index in [4.69, 9.17) is 9.72 Å². The summed E-state index contributed by atoms with van der Waals surface area (Å²) >= 11 is 1.57. The minimum Gasteiger partial charge on any atom is -0.465 e. The third-order valence-corrected chi connectivity index (χ3v) is 7.83. The number of urea groups is 1. The summed E-state index contributed by atoms with van der Waals surface area (Å²) in [7, 11) is 1.37. The van der Waals surface area contributed by atoms with Gasteiger partial charge < -0.3 is 9.30 Å². The predicted molar refractivity (Wildman–Crippen MR) is 145 cm³/mol. The first-order valence-corrected chi connectivity index (χ1v) is 14.0. The second kappa shape index (κ2) is 11.3. The Morgan fingerprint density at radius 3 is 2.58 bits per heavy atom. The SMILES string of the molecule is CCCCc1ncc(C=C2C(=O)N(CC3CC3)C(=O)N2Cc2cccs2)n1Cc1ccc(C(=O)OC)cc1. The molecule has 0 bridgehead atoms. The van der Waals surface area contributed by atoms with Crippen LogP contribution in [0.3, 0.4) is 0 Å². The highest BCUT2D eigenvalue weighted by molar-refractivity contribution is 7.09. The van der Waals surface area contributed by atoms with Crippen LogP contribution < -0.4 is 0 Å². The molecule has 5 rings (SSSR count). The normalized spacial score (nSPS) is 16.6. The van der Waals surface area contributed by atoms with Gasteiger partial charge in [-0.2, -0.15) is 0 Å². The summed E-state index contributed by atoms with van der Waals surface area (Å²) < 4.78 is 6.91. The number of ether oxygens (including phenoxy) is 1. The summed E-state index contributed by atoms with van der Waals surface area (Å²) in [6, 6.07) is 11.0. The Morgan fingerprint density at radius 2 is 1.92 bits per heavy atom. The van der Waals surface area contributed by atoms with E-state index in [1.54, 1.807) is 34.6 Å². The van der Waals surface area contributed by atoms with E-state index in [2.05, 4.69) is 11.5 Å². The van der Waals surface area contributed by atoms with Crippen molar-refractivity contribution < 1.29 is 19.1 Å². The van der Waals surface area contributed by atoms with Gasteiger partial charge in [0.2, 0.25) is 0 Å². The fourth-order valence-corrected chi connectivity index (χ4v) is 5.30. The highest BCUT2D eigenvalue weighted by Gasteiger charge is 2.43. The summed E-state index contributed by atoms with van der Waals surface area (Å²) in [5.41, 5.74) is 2.64. The molecule has 0 atom stereocenters. The number of thiophene rings is 1. The van der Waals surface area contributed by atoms with Gasteiger partial charge in [-0.15, -0.1) is 11.3 Å². The number of aryl methyl sites for hydroxylation is 1. The fourth-order valence-electron chi connectivity index (χ4n) is 4.61. The Hall–Kier alpha value is -3.72. The lowest BCUT2D eigenvalue weighted by atomic mass is 10.1. The van der Waals surface area contributed by atoms with Crippen molar-refractivity contribution in [2.75, 3.05) is 13.7 Å². The molecule has 198 valence electrons. The lowest BCUT2D eigenvalue weighted by Crippen LogP contribution is -2.34. The molecule has 2 aliphatic rings. The molecule has 2 aromatic heterocycles. The van der Waals surface area contributed by atoms with Crippen molar-refractivity contribution in [2.24, 2.45) is 5.92 Å². The lowest BCUT2D eigenvalue weighted by molar-refractivity contribution is -0.123. The van der Waals surface area contributed by atoms with E-state index in [0.29, 0.717) is 36.8 Å². The van der Waals surface area contributed by atoms with Gasteiger partial charge in [-0.3, -0.25) is 14.6 Å². The molecule has 1 saturated carbocycles. The van der Waals surface area contributed by atoms with E-state index < -0.39 is 0 Å². The molecule has 0 spiro atoms. The van der Waals surface area contributed by atoms with Crippen molar-refractivity contribution in [3.63, 3.8) is 0 Å². The van der Waals surface area contributed by atoms with E-state index in [9.17, 15) is 14.4 Å². The van der Waals surface area contributed by atoms with Gasteiger partial charge in [0, 0.05) is 24.4 Å². The minimum absolute atomic E-state index is 0.247. The number of benzene rings is 1. The third kappa shape index (κ3) is 5.57. The van der Waals surface area contributed by atoms with Crippen LogP contribution in [0.15, 0.2) is 53.7 Å². The van der Waals surface area contributed by atoms with Crippen molar-refractivity contribution in [3.05, 3.63) is 81.2 Å². The number of carbonyl (C=O) groups is 3. The van der Waals surface area contributed by atoms with Crippen LogP contribution >= 0.6 is 11.3 Å². The highest BCUT2D eigenvalue weighted by Crippen LogP contribution is 2.34. The Bertz CT molecular complexity index is 1340. The number of carbonyl (C=O) groups excluding carboxylic acids is 3. The smallest absolute Gasteiger partial charge is 0.337 e. The van der Waals surface area contributed by atoms with Crippen molar-refractivity contribution >= 4 is 35.3 Å². The molecule has 8 nitrogen and oxygen atoms in total. The molecule has 1 aliphatic carbocycles. The van der Waals surface area contributed by atoms with Gasteiger partial charge in [0.25, 0.3) is 5.91 Å². The number of rotatable bonds is 11. The zero-order valence-corrected chi connectivity index (χ0v) is 22.6. The number of imide groups is 1. The van der Waals surface area contributed by atoms with Crippen molar-refractivity contribution in [2.45, 2.75) is 52.1 Å². The van der Waals surface area contributed by atoms with Gasteiger partial charge in [0.15, 0.2) is 0 Å². The van der Waals surface area contributed by atoms with Gasteiger partial charge in [0.1, 0.15) is 11.5 Å².